The monoisotopic (exact) mass is 265 g/mol. The van der Waals surface area contributed by atoms with Gasteiger partial charge in [-0.1, -0.05) is 0 Å². The molecule has 0 aliphatic carbocycles. The number of sulfonamides is 1. The molecule has 1 aromatic rings. The molecule has 17 heavy (non-hydrogen) atoms. The van der Waals surface area contributed by atoms with E-state index in [9.17, 15) is 13.2 Å². The molecule has 7 nitrogen and oxygen atoms in total. The number of amidine groups is 1. The number of nitrogens with one attached hydrogen (secondary N) is 1. The molecule has 0 spiro atoms. The summed E-state index contributed by atoms with van der Waals surface area (Å²) in [5.74, 6) is -1.28. The van der Waals surface area contributed by atoms with Gasteiger partial charge in [-0.25, -0.2) is 4.98 Å². The second kappa shape index (κ2) is 5.13. The Morgan fingerprint density at radius 3 is 2.82 bits per heavy atom. The summed E-state index contributed by atoms with van der Waals surface area (Å²) in [4.78, 5) is 14.1. The number of fused-ring (bicyclic) bond motifs is 1. The van der Waals surface area contributed by atoms with Crippen LogP contribution >= 0.6 is 0 Å². The summed E-state index contributed by atoms with van der Waals surface area (Å²) in [6.07, 6.45) is 0.851. The molecule has 0 fully saturated rings. The van der Waals surface area contributed by atoms with Gasteiger partial charge in [0, 0.05) is 6.20 Å². The van der Waals surface area contributed by atoms with Gasteiger partial charge >= 0.3 is 45.5 Å². The number of carbonyl (C=O) groups is 1. The van der Waals surface area contributed by atoms with Crippen molar-refractivity contribution >= 4 is 57.1 Å². The Labute approximate surface area is 119 Å². The summed E-state index contributed by atoms with van der Waals surface area (Å²) in [6, 6.07) is 3.04. The van der Waals surface area contributed by atoms with E-state index in [2.05, 4.69) is 14.7 Å². The molecular weight excluding hydrogens is 257 g/mol. The van der Waals surface area contributed by atoms with Crippen molar-refractivity contribution in [2.45, 2.75) is 11.4 Å². The van der Waals surface area contributed by atoms with Gasteiger partial charge in [-0.2, -0.15) is 8.42 Å². The second-order valence-corrected chi connectivity index (χ2v) is 4.58. The zero-order valence-corrected chi connectivity index (χ0v) is 8.73. The standard InChI is InChI=1S/C8H7N3O4S.Na.H/c12-7(13)4-6-10-5-2-1-3-9-8(5)16(14,15)11-6;;/h1-3H,4H2,(H,10,11)(H,12,13);;. The van der Waals surface area contributed by atoms with E-state index in [-0.39, 0.29) is 46.1 Å². The van der Waals surface area contributed by atoms with E-state index in [1.165, 1.54) is 12.3 Å². The molecule has 0 saturated heterocycles. The molecule has 2 rings (SSSR count). The van der Waals surface area contributed by atoms with Crippen molar-refractivity contribution in [3.8, 4) is 0 Å². The van der Waals surface area contributed by atoms with E-state index in [4.69, 9.17) is 5.11 Å². The normalized spacial score (nSPS) is 15.9. The summed E-state index contributed by atoms with van der Waals surface area (Å²) >= 11 is 0. The van der Waals surface area contributed by atoms with E-state index in [1.54, 1.807) is 6.07 Å². The molecule has 0 radical (unpaired) electrons. The summed E-state index contributed by atoms with van der Waals surface area (Å²) in [6.45, 7) is 0. The number of rotatable bonds is 2. The summed E-state index contributed by atoms with van der Waals surface area (Å²) in [5, 5.41) is 11.0. The van der Waals surface area contributed by atoms with Gasteiger partial charge < -0.3 is 10.4 Å². The van der Waals surface area contributed by atoms with Gasteiger partial charge in [-0.3, -0.25) is 4.79 Å². The van der Waals surface area contributed by atoms with Crippen LogP contribution in [0.25, 0.3) is 0 Å². The number of anilines is 1. The Morgan fingerprint density at radius 2 is 2.18 bits per heavy atom. The molecule has 0 aromatic carbocycles. The third kappa shape index (κ3) is 3.03. The number of hydrogen-bond acceptors (Lipinski definition) is 5. The fraction of sp³-hybridized carbons (Fsp3) is 0.125. The van der Waals surface area contributed by atoms with Crippen LogP contribution in [-0.4, -0.2) is 59.9 Å². The van der Waals surface area contributed by atoms with Gasteiger partial charge in [-0.15, -0.1) is 4.40 Å². The Kier molecular flexibility index (Phi) is 4.26. The fourth-order valence-corrected chi connectivity index (χ4v) is 2.36. The average Bonchev–Trinajstić information content (AvgIpc) is 2.15. The molecular formula is C8H8N3NaO4S. The Hall–Kier alpha value is -0.960. The minimum absolute atomic E-state index is 0. The predicted molar refractivity (Wildman–Crippen MR) is 61.9 cm³/mol. The van der Waals surface area contributed by atoms with Crippen molar-refractivity contribution in [1.29, 1.82) is 0 Å². The van der Waals surface area contributed by atoms with Crippen molar-refractivity contribution in [2.24, 2.45) is 4.40 Å². The molecule has 86 valence electrons. The Morgan fingerprint density at radius 1 is 1.47 bits per heavy atom. The summed E-state index contributed by atoms with van der Waals surface area (Å²) < 4.78 is 26.5. The number of pyridine rings is 1. The van der Waals surface area contributed by atoms with Gasteiger partial charge in [0.1, 0.15) is 12.3 Å². The molecule has 2 N–H and O–H groups in total. The topological polar surface area (TPSA) is 109 Å². The number of carboxylic acid groups (broad SMARTS) is 1. The van der Waals surface area contributed by atoms with Crippen LogP contribution in [-0.2, 0) is 14.8 Å². The van der Waals surface area contributed by atoms with Crippen LogP contribution < -0.4 is 5.32 Å². The molecule has 1 aromatic heterocycles. The molecule has 9 heteroatoms. The number of carboxylic acids is 1. The van der Waals surface area contributed by atoms with Crippen molar-refractivity contribution < 1.29 is 18.3 Å². The van der Waals surface area contributed by atoms with E-state index in [0.717, 1.165) is 0 Å². The zero-order valence-electron chi connectivity index (χ0n) is 7.91. The first-order valence-electron chi connectivity index (χ1n) is 4.27. The van der Waals surface area contributed by atoms with Crippen LogP contribution in [0.4, 0.5) is 5.69 Å². The van der Waals surface area contributed by atoms with Crippen LogP contribution in [0.5, 0.6) is 0 Å². The van der Waals surface area contributed by atoms with Crippen molar-refractivity contribution in [1.82, 2.24) is 4.98 Å². The first-order chi connectivity index (χ1) is 7.49. The van der Waals surface area contributed by atoms with Crippen molar-refractivity contribution in [2.75, 3.05) is 5.32 Å². The van der Waals surface area contributed by atoms with Crippen molar-refractivity contribution in [3.05, 3.63) is 18.3 Å². The Bertz CT molecular complexity index is 584. The van der Waals surface area contributed by atoms with Gasteiger partial charge in [0.2, 0.25) is 5.03 Å². The maximum absolute atomic E-state index is 11.6. The first kappa shape index (κ1) is 14.1. The molecule has 2 heterocycles. The minimum atomic E-state index is -3.89. The molecule has 1 aliphatic heterocycles. The van der Waals surface area contributed by atoms with Crippen LogP contribution in [0.15, 0.2) is 27.8 Å². The predicted octanol–water partition coefficient (Wildman–Crippen LogP) is -0.580. The Balaban J connectivity index is 0.00000144. The van der Waals surface area contributed by atoms with Crippen molar-refractivity contribution in [3.63, 3.8) is 0 Å². The maximum atomic E-state index is 11.6. The number of aromatic nitrogens is 1. The third-order valence-corrected chi connectivity index (χ3v) is 3.12. The summed E-state index contributed by atoms with van der Waals surface area (Å²) in [5.41, 5.74) is 0.244. The van der Waals surface area contributed by atoms with Crippen LogP contribution in [0.1, 0.15) is 6.42 Å². The SMILES string of the molecule is O=C(O)CC1=NS(=O)(=O)c2ncccc2N1.[NaH]. The molecule has 0 unspecified atom stereocenters. The summed E-state index contributed by atoms with van der Waals surface area (Å²) in [7, 11) is -3.89. The number of aliphatic carboxylic acids is 1. The van der Waals surface area contributed by atoms with E-state index < -0.39 is 22.4 Å². The van der Waals surface area contributed by atoms with E-state index >= 15 is 0 Å². The van der Waals surface area contributed by atoms with Gasteiger partial charge in [0.15, 0.2) is 0 Å². The molecule has 0 amide bonds. The number of nitrogens with zero attached hydrogens (tertiary/aromatic N) is 2. The van der Waals surface area contributed by atoms with Gasteiger partial charge in [-0.05, 0) is 12.1 Å². The zero-order chi connectivity index (χ0) is 11.8. The third-order valence-electron chi connectivity index (χ3n) is 1.84. The van der Waals surface area contributed by atoms with E-state index in [1.807, 2.05) is 0 Å². The van der Waals surface area contributed by atoms with Gasteiger partial charge in [0.25, 0.3) is 0 Å². The quantitative estimate of drug-likeness (QED) is 0.692. The fourth-order valence-electron chi connectivity index (χ4n) is 1.28. The van der Waals surface area contributed by atoms with E-state index in [0.29, 0.717) is 0 Å². The van der Waals surface area contributed by atoms with Crippen LogP contribution in [0.2, 0.25) is 0 Å². The molecule has 0 bridgehead atoms. The van der Waals surface area contributed by atoms with Crippen LogP contribution in [0, 0.1) is 0 Å². The molecule has 0 atom stereocenters. The first-order valence-corrected chi connectivity index (χ1v) is 5.71. The van der Waals surface area contributed by atoms with Crippen LogP contribution in [0.3, 0.4) is 0 Å². The second-order valence-electron chi connectivity index (χ2n) is 3.06. The molecule has 0 saturated carbocycles. The average molecular weight is 265 g/mol. The molecule has 1 aliphatic rings. The number of hydrogen-bond donors (Lipinski definition) is 2. The van der Waals surface area contributed by atoms with Gasteiger partial charge in [0.05, 0.1) is 5.69 Å².